The van der Waals surface area contributed by atoms with Gasteiger partial charge in [-0.15, -0.1) is 11.3 Å². The Labute approximate surface area is 217 Å². The molecule has 4 aromatic rings. The van der Waals surface area contributed by atoms with Gasteiger partial charge in [0.1, 0.15) is 32.1 Å². The van der Waals surface area contributed by atoms with Crippen molar-refractivity contribution >= 4 is 49.4 Å². The van der Waals surface area contributed by atoms with Crippen molar-refractivity contribution in [3.8, 4) is 20.9 Å². The van der Waals surface area contributed by atoms with Crippen molar-refractivity contribution in [1.29, 1.82) is 0 Å². The molecule has 4 radical (unpaired) electrons. The van der Waals surface area contributed by atoms with Crippen molar-refractivity contribution in [2.24, 2.45) is 20.0 Å². The van der Waals surface area contributed by atoms with Crippen LogP contribution in [0.3, 0.4) is 0 Å². The third-order valence-corrected chi connectivity index (χ3v) is 8.65. The maximum absolute atomic E-state index is 15.6. The summed E-state index contributed by atoms with van der Waals surface area (Å²) in [7, 11) is 8.78. The van der Waals surface area contributed by atoms with Crippen LogP contribution in [0.5, 0.6) is 0 Å². The second-order valence-electron chi connectivity index (χ2n) is 8.44. The molecule has 2 aliphatic rings. The van der Waals surface area contributed by atoms with Gasteiger partial charge >= 0.3 is 0 Å². The lowest BCUT2D eigenvalue weighted by Gasteiger charge is -2.09. The number of hydrogen-bond acceptors (Lipinski definition) is 6. The molecule has 36 heavy (non-hydrogen) atoms. The fourth-order valence-corrected chi connectivity index (χ4v) is 6.59. The molecule has 2 aliphatic heterocycles. The number of rotatable bonds is 7. The van der Waals surface area contributed by atoms with Crippen molar-refractivity contribution in [2.45, 2.75) is 19.8 Å². The molecule has 0 saturated carbocycles. The molecule has 0 unspecified atom stereocenters. The van der Waals surface area contributed by atoms with E-state index in [1.165, 1.54) is 35.4 Å². The molecule has 0 saturated heterocycles. The molecule has 172 valence electrons. The van der Waals surface area contributed by atoms with Crippen LogP contribution in [0.2, 0.25) is 0 Å². The zero-order chi connectivity index (χ0) is 24.8. The van der Waals surface area contributed by atoms with Gasteiger partial charge in [0.15, 0.2) is 0 Å². The lowest BCUT2D eigenvalue weighted by molar-refractivity contribution is 0.608. The predicted molar refractivity (Wildman–Crippen MR) is 143 cm³/mol. The SMILES string of the molecule is [B][B][B]c1ccc(-c2cc(F)c(Cc3cc(F)c(-c4ccc(CC)s4)c4c3=NCN=4)c3c2=NCN=3)s1. The molecule has 2 aromatic heterocycles. The van der Waals surface area contributed by atoms with Crippen LogP contribution in [0.1, 0.15) is 22.9 Å². The first-order chi connectivity index (χ1) is 17.6. The van der Waals surface area contributed by atoms with Gasteiger partial charge in [-0.1, -0.05) is 13.0 Å². The summed E-state index contributed by atoms with van der Waals surface area (Å²) in [6.07, 6.45) is 1.04. The van der Waals surface area contributed by atoms with E-state index in [1.807, 2.05) is 24.3 Å². The molecule has 11 heteroatoms. The first-order valence-electron chi connectivity index (χ1n) is 11.6. The second kappa shape index (κ2) is 9.52. The maximum atomic E-state index is 15.6. The molecule has 0 N–H and O–H groups in total. The topological polar surface area (TPSA) is 49.4 Å². The standard InChI is InChI=1S/C25H17B3F2N4S2/c1-2-13-3-4-19(35-13)21-17(30)8-12(22-25(21)34-10-31-22)7-14-16(29)9-15(24-23(14)32-11-33-24)18-5-6-20(36-18)27-28-26/h3-6,8-9H,2,7,10-11H2,1H3. The van der Waals surface area contributed by atoms with Crippen LogP contribution in [0.4, 0.5) is 8.78 Å². The second-order valence-corrected chi connectivity index (χ2v) is 10.7. The highest BCUT2D eigenvalue weighted by Crippen LogP contribution is 2.29. The average Bonchev–Trinajstić information content (AvgIpc) is 3.67. The Balaban J connectivity index is 1.45. The summed E-state index contributed by atoms with van der Waals surface area (Å²) >= 11 is 3.06. The van der Waals surface area contributed by atoms with Gasteiger partial charge in [0.2, 0.25) is 0 Å². The first kappa shape index (κ1) is 23.5. The highest BCUT2D eigenvalue weighted by molar-refractivity contribution is 7.37. The van der Waals surface area contributed by atoms with Crippen LogP contribution in [0.25, 0.3) is 20.9 Å². The summed E-state index contributed by atoms with van der Waals surface area (Å²) in [5.41, 5.74) is 2.17. The van der Waals surface area contributed by atoms with Gasteiger partial charge in [-0.3, -0.25) is 20.0 Å². The summed E-state index contributed by atoms with van der Waals surface area (Å²) in [6.45, 7) is 2.55. The van der Waals surface area contributed by atoms with Gasteiger partial charge < -0.3 is 0 Å². The maximum Gasteiger partial charge on any atom is 0.134 e. The minimum absolute atomic E-state index is 0.155. The molecule has 0 atom stereocenters. The van der Waals surface area contributed by atoms with Crippen LogP contribution < -0.4 is 26.2 Å². The summed E-state index contributed by atoms with van der Waals surface area (Å²) in [4.78, 5) is 21.0. The number of benzene rings is 2. The van der Waals surface area contributed by atoms with Gasteiger partial charge in [-0.25, -0.2) is 8.78 Å². The molecule has 0 fully saturated rings. The number of thiophene rings is 2. The lowest BCUT2D eigenvalue weighted by Crippen LogP contribution is -2.33. The Morgan fingerprint density at radius 3 is 2.39 bits per heavy atom. The van der Waals surface area contributed by atoms with Gasteiger partial charge in [0.05, 0.1) is 27.0 Å². The molecule has 0 spiro atoms. The molecule has 0 aliphatic carbocycles. The summed E-state index contributed by atoms with van der Waals surface area (Å²) in [5, 5.41) is 2.36. The Bertz CT molecular complexity index is 1770. The van der Waals surface area contributed by atoms with Gasteiger partial charge in [-0.05, 0) is 47.1 Å². The molecule has 0 amide bonds. The third kappa shape index (κ3) is 3.98. The highest BCUT2D eigenvalue weighted by atomic mass is 32.1. The third-order valence-electron chi connectivity index (χ3n) is 6.32. The lowest BCUT2D eigenvalue weighted by atomic mass is 9.28. The Hall–Kier alpha value is -2.91. The largest absolute Gasteiger partial charge is 0.259 e. The van der Waals surface area contributed by atoms with Crippen molar-refractivity contribution in [2.75, 3.05) is 13.3 Å². The Morgan fingerprint density at radius 2 is 1.61 bits per heavy atom. The smallest absolute Gasteiger partial charge is 0.134 e. The van der Waals surface area contributed by atoms with Crippen molar-refractivity contribution in [3.05, 3.63) is 85.5 Å². The predicted octanol–water partition coefficient (Wildman–Crippen LogP) is 2.03. The molecule has 6 rings (SSSR count). The quantitative estimate of drug-likeness (QED) is 0.344. The van der Waals surface area contributed by atoms with Crippen LogP contribution >= 0.6 is 22.7 Å². The molecule has 4 nitrogen and oxygen atoms in total. The fourth-order valence-electron chi connectivity index (χ4n) is 4.66. The van der Waals surface area contributed by atoms with Gasteiger partial charge in [0.25, 0.3) is 0 Å². The van der Waals surface area contributed by atoms with E-state index in [0.29, 0.717) is 43.7 Å². The van der Waals surface area contributed by atoms with E-state index in [1.54, 1.807) is 18.5 Å². The molecular formula is C25H17B3F2N4S2. The van der Waals surface area contributed by atoms with Crippen molar-refractivity contribution < 1.29 is 8.78 Å². The zero-order valence-electron chi connectivity index (χ0n) is 19.4. The number of fused-ring (bicyclic) bond motifs is 2. The van der Waals surface area contributed by atoms with E-state index < -0.39 is 5.82 Å². The van der Waals surface area contributed by atoms with E-state index >= 15 is 8.78 Å². The van der Waals surface area contributed by atoms with Crippen molar-refractivity contribution in [1.82, 2.24) is 0 Å². The summed E-state index contributed by atoms with van der Waals surface area (Å²) < 4.78 is 32.0. The van der Waals surface area contributed by atoms with Crippen LogP contribution in [0.15, 0.2) is 56.4 Å². The molecule has 4 heterocycles. The number of hydrogen-bond donors (Lipinski definition) is 0. The van der Waals surface area contributed by atoms with Gasteiger partial charge in [0, 0.05) is 47.0 Å². The van der Waals surface area contributed by atoms with Crippen molar-refractivity contribution in [3.63, 3.8) is 0 Å². The average molecular weight is 508 g/mol. The number of aryl methyl sites for hydroxylation is 1. The van der Waals surface area contributed by atoms with E-state index in [0.717, 1.165) is 21.0 Å². The zero-order valence-corrected chi connectivity index (χ0v) is 21.0. The normalized spacial score (nSPS) is 13.3. The fraction of sp³-hybridized carbons (Fsp3) is 0.200. The van der Waals surface area contributed by atoms with E-state index in [9.17, 15) is 0 Å². The Morgan fingerprint density at radius 1 is 0.861 bits per heavy atom. The molecular weight excluding hydrogens is 491 g/mol. The monoisotopic (exact) mass is 508 g/mol. The van der Waals surface area contributed by atoms with Crippen LogP contribution in [-0.2, 0) is 12.8 Å². The van der Waals surface area contributed by atoms with Crippen LogP contribution in [-0.4, -0.2) is 35.3 Å². The Kier molecular flexibility index (Phi) is 6.21. The minimum Gasteiger partial charge on any atom is -0.259 e. The van der Waals surface area contributed by atoms with Crippen LogP contribution in [0, 0.1) is 11.6 Å². The van der Waals surface area contributed by atoms with E-state index in [4.69, 9.17) is 7.74 Å². The number of nitrogens with zero attached hydrogens (tertiary/aromatic N) is 4. The minimum atomic E-state index is -0.395. The van der Waals surface area contributed by atoms with E-state index in [-0.39, 0.29) is 25.6 Å². The summed E-state index contributed by atoms with van der Waals surface area (Å²) in [6, 6.07) is 10.8. The molecule has 2 aromatic carbocycles. The number of halogens is 2. The first-order valence-corrected chi connectivity index (χ1v) is 13.2. The van der Waals surface area contributed by atoms with E-state index in [2.05, 4.69) is 26.9 Å². The summed E-state index contributed by atoms with van der Waals surface area (Å²) in [5.74, 6) is -0.767. The van der Waals surface area contributed by atoms with Gasteiger partial charge in [-0.2, -0.15) is 11.3 Å². The highest BCUT2D eigenvalue weighted by Gasteiger charge is 2.21. The molecule has 0 bridgehead atoms.